The summed E-state index contributed by atoms with van der Waals surface area (Å²) in [6, 6.07) is 0.818. The Hall–Kier alpha value is -2.96. The first-order chi connectivity index (χ1) is 13.0. The van der Waals surface area contributed by atoms with E-state index < -0.39 is 35.9 Å². The van der Waals surface area contributed by atoms with Crippen molar-refractivity contribution in [3.63, 3.8) is 0 Å². The van der Waals surface area contributed by atoms with Gasteiger partial charge in [-0.3, -0.25) is 9.38 Å². The molecule has 0 N–H and O–H groups in total. The van der Waals surface area contributed by atoms with Crippen LogP contribution in [0.3, 0.4) is 0 Å². The number of aromatic nitrogens is 5. The van der Waals surface area contributed by atoms with Gasteiger partial charge in [0.15, 0.2) is 17.6 Å². The van der Waals surface area contributed by atoms with E-state index in [0.717, 1.165) is 36.2 Å². The van der Waals surface area contributed by atoms with Crippen molar-refractivity contribution in [2.45, 2.75) is 25.3 Å². The van der Waals surface area contributed by atoms with Gasteiger partial charge in [-0.25, -0.2) is 9.37 Å². The number of alkyl halides is 5. The van der Waals surface area contributed by atoms with Crippen LogP contribution in [0.15, 0.2) is 24.7 Å². The van der Waals surface area contributed by atoms with Crippen LogP contribution >= 0.6 is 0 Å². The van der Waals surface area contributed by atoms with Crippen LogP contribution < -0.4 is 4.74 Å². The van der Waals surface area contributed by atoms with E-state index in [9.17, 15) is 26.3 Å². The fourth-order valence-corrected chi connectivity index (χ4v) is 2.13. The maximum absolute atomic E-state index is 14.1. The first kappa shape index (κ1) is 19.8. The summed E-state index contributed by atoms with van der Waals surface area (Å²) < 4.78 is 88.6. The molecule has 0 aliphatic rings. The Morgan fingerprint density at radius 2 is 1.79 bits per heavy atom. The zero-order valence-corrected chi connectivity index (χ0v) is 14.2. The highest BCUT2D eigenvalue weighted by molar-refractivity contribution is 5.59. The number of hydrogen-bond acceptors (Lipinski definition) is 6. The lowest BCUT2D eigenvalue weighted by atomic mass is 10.2. The Morgan fingerprint density at radius 1 is 1.07 bits per heavy atom. The van der Waals surface area contributed by atoms with Crippen molar-refractivity contribution in [1.29, 1.82) is 0 Å². The van der Waals surface area contributed by atoms with Crippen LogP contribution in [0.5, 0.6) is 5.88 Å². The lowest BCUT2D eigenvalue weighted by Gasteiger charge is -2.17. The highest BCUT2D eigenvalue weighted by Crippen LogP contribution is 2.29. The van der Waals surface area contributed by atoms with Gasteiger partial charge in [0.1, 0.15) is 0 Å². The number of methoxy groups -OCH3 is 1. The van der Waals surface area contributed by atoms with E-state index >= 15 is 0 Å². The molecule has 0 saturated carbocycles. The molecule has 0 saturated heterocycles. The molecule has 0 bridgehead atoms. The third kappa shape index (κ3) is 3.69. The van der Waals surface area contributed by atoms with Gasteiger partial charge in [-0.05, 0) is 13.0 Å². The number of hydrogen-bond donors (Lipinski definition) is 0. The molecule has 0 aliphatic carbocycles. The van der Waals surface area contributed by atoms with Gasteiger partial charge >= 0.3 is 12.3 Å². The van der Waals surface area contributed by atoms with Gasteiger partial charge < -0.3 is 9.47 Å². The first-order valence-corrected chi connectivity index (χ1v) is 7.56. The Bertz CT molecular complexity index is 1010. The van der Waals surface area contributed by atoms with Crippen LogP contribution in [0.4, 0.5) is 26.3 Å². The van der Waals surface area contributed by atoms with E-state index in [0.29, 0.717) is 6.92 Å². The maximum Gasteiger partial charge on any atom is 0.425 e. The topological polar surface area (TPSA) is 74.4 Å². The van der Waals surface area contributed by atoms with Crippen molar-refractivity contribution < 1.29 is 35.8 Å². The number of fused-ring (bicyclic) bond motifs is 1. The molecule has 3 rings (SSSR count). The standard InChI is InChI=1S/C15H11F6N5O2/c1-7(14(17,18)19)28-12-9(16)3-8(4-23-12)10-6-26-11(5-22-10)24-25-13(26)15(20,21)27-2/h3-7H,1-2H3/t7-/m0/s1. The van der Waals surface area contributed by atoms with E-state index in [1.54, 1.807) is 0 Å². The predicted octanol–water partition coefficient (Wildman–Crippen LogP) is 3.35. The minimum absolute atomic E-state index is 0.00629. The molecule has 0 amide bonds. The molecule has 0 aromatic carbocycles. The van der Waals surface area contributed by atoms with E-state index in [1.807, 2.05) is 0 Å². The minimum atomic E-state index is -4.70. The van der Waals surface area contributed by atoms with Gasteiger partial charge in [0.2, 0.25) is 5.82 Å². The van der Waals surface area contributed by atoms with Crippen molar-refractivity contribution in [3.05, 3.63) is 36.3 Å². The SMILES string of the molecule is COC(F)(F)c1nnc2cnc(-c3cnc(O[C@@H](C)C(F)(F)F)c(F)c3)cn12. The largest absolute Gasteiger partial charge is 0.463 e. The molecule has 0 spiro atoms. The normalized spacial score (nSPS) is 13.7. The van der Waals surface area contributed by atoms with Crippen LogP contribution in [0, 0.1) is 5.82 Å². The second kappa shape index (κ2) is 6.89. The third-order valence-corrected chi connectivity index (χ3v) is 3.66. The Balaban J connectivity index is 1.97. The molecule has 1 atom stereocenters. The quantitative estimate of drug-likeness (QED) is 0.604. The second-order valence-corrected chi connectivity index (χ2v) is 5.56. The molecule has 150 valence electrons. The molecule has 3 aromatic rings. The smallest absolute Gasteiger partial charge is 0.425 e. The molecule has 0 unspecified atom stereocenters. The number of halogens is 6. The monoisotopic (exact) mass is 407 g/mol. The lowest BCUT2D eigenvalue weighted by molar-refractivity contribution is -0.237. The second-order valence-electron chi connectivity index (χ2n) is 5.56. The van der Waals surface area contributed by atoms with Crippen LogP contribution in [0.1, 0.15) is 12.7 Å². The highest BCUT2D eigenvalue weighted by atomic mass is 19.4. The summed E-state index contributed by atoms with van der Waals surface area (Å²) in [5.41, 5.74) is -0.0306. The van der Waals surface area contributed by atoms with Crippen molar-refractivity contribution in [2.75, 3.05) is 7.11 Å². The predicted molar refractivity (Wildman–Crippen MR) is 81.0 cm³/mol. The molecule has 0 aliphatic heterocycles. The minimum Gasteiger partial charge on any atom is -0.463 e. The maximum atomic E-state index is 14.1. The molecule has 3 heterocycles. The summed E-state index contributed by atoms with van der Waals surface area (Å²) >= 11 is 0. The van der Waals surface area contributed by atoms with E-state index in [-0.39, 0.29) is 16.9 Å². The van der Waals surface area contributed by atoms with Crippen LogP contribution in [-0.2, 0) is 10.8 Å². The Kier molecular flexibility index (Phi) is 4.87. The van der Waals surface area contributed by atoms with Gasteiger partial charge in [-0.1, -0.05) is 0 Å². The van der Waals surface area contributed by atoms with E-state index in [2.05, 4.69) is 29.6 Å². The average molecular weight is 407 g/mol. The van der Waals surface area contributed by atoms with E-state index in [4.69, 9.17) is 0 Å². The number of nitrogens with zero attached hydrogens (tertiary/aromatic N) is 5. The van der Waals surface area contributed by atoms with Crippen LogP contribution in [0.25, 0.3) is 16.9 Å². The average Bonchev–Trinajstić information content (AvgIpc) is 3.06. The third-order valence-electron chi connectivity index (χ3n) is 3.66. The molecule has 13 heteroatoms. The fourth-order valence-electron chi connectivity index (χ4n) is 2.13. The molecule has 7 nitrogen and oxygen atoms in total. The summed E-state index contributed by atoms with van der Waals surface area (Å²) in [4.78, 5) is 7.45. The number of rotatable bonds is 5. The van der Waals surface area contributed by atoms with Crippen molar-refractivity contribution in [3.8, 4) is 17.1 Å². The summed E-state index contributed by atoms with van der Waals surface area (Å²) in [6.45, 7) is 0.702. The first-order valence-electron chi connectivity index (χ1n) is 7.56. The number of pyridine rings is 1. The Labute approximate surface area is 152 Å². The van der Waals surface area contributed by atoms with Crippen LogP contribution in [-0.4, -0.2) is 44.0 Å². The number of ether oxygens (including phenoxy) is 2. The molecule has 0 radical (unpaired) electrons. The molecular weight excluding hydrogens is 396 g/mol. The van der Waals surface area contributed by atoms with E-state index in [1.165, 1.54) is 0 Å². The highest BCUT2D eigenvalue weighted by Gasteiger charge is 2.39. The van der Waals surface area contributed by atoms with Crippen molar-refractivity contribution >= 4 is 5.65 Å². The zero-order chi connectivity index (χ0) is 20.7. The lowest BCUT2D eigenvalue weighted by Crippen LogP contribution is -2.31. The summed E-state index contributed by atoms with van der Waals surface area (Å²) in [5.74, 6) is -2.87. The van der Waals surface area contributed by atoms with Gasteiger partial charge in [-0.15, -0.1) is 10.2 Å². The van der Waals surface area contributed by atoms with Crippen LogP contribution in [0.2, 0.25) is 0 Å². The molecule has 0 fully saturated rings. The van der Waals surface area contributed by atoms with Crippen molar-refractivity contribution in [1.82, 2.24) is 24.6 Å². The summed E-state index contributed by atoms with van der Waals surface area (Å²) in [5, 5.41) is 6.87. The van der Waals surface area contributed by atoms with Gasteiger partial charge in [0.05, 0.1) is 11.9 Å². The summed E-state index contributed by atoms with van der Waals surface area (Å²) in [7, 11) is 0.781. The Morgan fingerprint density at radius 3 is 2.39 bits per heavy atom. The molecule has 3 aromatic heterocycles. The summed E-state index contributed by atoms with van der Waals surface area (Å²) in [6.07, 6.45) is -7.53. The fraction of sp³-hybridized carbons (Fsp3) is 0.333. The molecule has 28 heavy (non-hydrogen) atoms. The van der Waals surface area contributed by atoms with Gasteiger partial charge in [-0.2, -0.15) is 22.0 Å². The zero-order valence-electron chi connectivity index (χ0n) is 14.2. The van der Waals surface area contributed by atoms with Gasteiger partial charge in [0.25, 0.3) is 5.88 Å². The van der Waals surface area contributed by atoms with Gasteiger partial charge in [0, 0.05) is 25.1 Å². The van der Waals surface area contributed by atoms with Crippen molar-refractivity contribution in [2.24, 2.45) is 0 Å². The molecular formula is C15H11F6N5O2.